The highest BCUT2D eigenvalue weighted by molar-refractivity contribution is 6.02. The van der Waals surface area contributed by atoms with Crippen LogP contribution in [-0.4, -0.2) is 44.8 Å². The van der Waals surface area contributed by atoms with Crippen LogP contribution in [-0.2, 0) is 4.74 Å². The van der Waals surface area contributed by atoms with Crippen LogP contribution in [0, 0.1) is 17.8 Å². The molecule has 3 N–H and O–H groups in total. The maximum atomic E-state index is 12.2. The van der Waals surface area contributed by atoms with E-state index >= 15 is 0 Å². The molecule has 6 rings (SSSR count). The lowest BCUT2D eigenvalue weighted by molar-refractivity contribution is -0.129. The Kier molecular flexibility index (Phi) is 3.13. The first-order valence-corrected chi connectivity index (χ1v) is 8.95. The Hall–Kier alpha value is -2.15. The van der Waals surface area contributed by atoms with Crippen molar-refractivity contribution in [3.63, 3.8) is 0 Å². The van der Waals surface area contributed by atoms with E-state index in [4.69, 9.17) is 4.74 Å². The Morgan fingerprint density at radius 3 is 2.76 bits per heavy atom. The molecule has 0 spiro atoms. The smallest absolute Gasteiger partial charge is 0.341 e. The number of hydrogen-bond acceptors (Lipinski definition) is 6. The van der Waals surface area contributed by atoms with E-state index in [0.29, 0.717) is 29.0 Å². The van der Waals surface area contributed by atoms with Gasteiger partial charge in [-0.25, -0.2) is 14.8 Å². The van der Waals surface area contributed by atoms with Crippen molar-refractivity contribution in [2.45, 2.75) is 43.7 Å². The molecule has 25 heavy (non-hydrogen) atoms. The number of nitrogens with one attached hydrogen (secondary N) is 2. The molecule has 4 fully saturated rings. The number of aromatic nitrogens is 3. The van der Waals surface area contributed by atoms with E-state index in [2.05, 4.69) is 20.3 Å². The van der Waals surface area contributed by atoms with Gasteiger partial charge in [-0.3, -0.25) is 0 Å². The number of rotatable bonds is 3. The molecule has 2 aromatic heterocycles. The highest BCUT2D eigenvalue weighted by Gasteiger charge is 2.54. The number of carbonyl (C=O) groups is 1. The largest absolute Gasteiger partial charge is 0.465 e. The van der Waals surface area contributed by atoms with Crippen LogP contribution < -0.4 is 5.32 Å². The Morgan fingerprint density at radius 1 is 1.32 bits per heavy atom. The number of pyridine rings is 1. The molecule has 2 aromatic rings. The summed E-state index contributed by atoms with van der Waals surface area (Å²) in [5.41, 5.74) is 1.99. The van der Waals surface area contributed by atoms with Gasteiger partial charge in [-0.15, -0.1) is 0 Å². The molecule has 0 aromatic carbocycles. The average molecular weight is 342 g/mol. The second-order valence-electron chi connectivity index (χ2n) is 8.00. The molecule has 0 amide bonds. The van der Waals surface area contributed by atoms with E-state index in [1.165, 1.54) is 13.3 Å². The number of fused-ring (bicyclic) bond motifs is 1. The molecule has 4 aliphatic carbocycles. The van der Waals surface area contributed by atoms with Crippen molar-refractivity contribution in [3.05, 3.63) is 18.1 Å². The van der Waals surface area contributed by atoms with Crippen LogP contribution in [0.15, 0.2) is 12.5 Å². The second kappa shape index (κ2) is 5.17. The molecule has 4 saturated carbocycles. The topological polar surface area (TPSA) is 100 Å². The zero-order chi connectivity index (χ0) is 17.2. The fraction of sp³-hybridized carbons (Fsp3) is 0.611. The van der Waals surface area contributed by atoms with E-state index in [9.17, 15) is 9.90 Å². The third kappa shape index (κ3) is 2.25. The molecular weight excluding hydrogens is 320 g/mol. The van der Waals surface area contributed by atoms with Crippen molar-refractivity contribution in [2.24, 2.45) is 17.8 Å². The maximum Gasteiger partial charge on any atom is 0.341 e. The number of nitrogens with zero attached hydrogens (tertiary/aromatic N) is 2. The van der Waals surface area contributed by atoms with Crippen LogP contribution in [0.4, 0.5) is 5.69 Å². The number of imidazole rings is 1. The number of methoxy groups -OCH3 is 1. The fourth-order valence-electron chi connectivity index (χ4n) is 5.69. The highest BCUT2D eigenvalue weighted by atomic mass is 16.5. The number of aliphatic hydroxyl groups is 1. The van der Waals surface area contributed by atoms with Crippen LogP contribution in [0.5, 0.6) is 0 Å². The summed E-state index contributed by atoms with van der Waals surface area (Å²) in [4.78, 5) is 23.8. The standard InChI is InChI=1S/C18H22N4O3/c1-25-17(23)12-7-19-16-15(20-8-21-16)14(12)22-13-10-2-9-3-11(13)6-18(24,4-9)5-10/h7-11,13,24H,2-6H2,1H3,(H2,19,20,21,22)/t9?,10-,11+,13?,18?. The maximum absolute atomic E-state index is 12.2. The third-order valence-corrected chi connectivity index (χ3v) is 6.41. The molecule has 4 aliphatic rings. The first-order valence-electron chi connectivity index (χ1n) is 8.95. The van der Waals surface area contributed by atoms with Gasteiger partial charge in [-0.05, 0) is 49.9 Å². The van der Waals surface area contributed by atoms with Crippen LogP contribution in [0.2, 0.25) is 0 Å². The molecule has 4 bridgehead atoms. The van der Waals surface area contributed by atoms with E-state index < -0.39 is 11.6 Å². The van der Waals surface area contributed by atoms with Gasteiger partial charge in [0.1, 0.15) is 11.1 Å². The number of esters is 1. The summed E-state index contributed by atoms with van der Waals surface area (Å²) >= 11 is 0. The number of aromatic amines is 1. The van der Waals surface area contributed by atoms with Crippen molar-refractivity contribution in [3.8, 4) is 0 Å². The zero-order valence-electron chi connectivity index (χ0n) is 14.2. The van der Waals surface area contributed by atoms with E-state index in [1.54, 1.807) is 6.33 Å². The van der Waals surface area contributed by atoms with Gasteiger partial charge in [0, 0.05) is 12.2 Å². The van der Waals surface area contributed by atoms with Crippen molar-refractivity contribution in [2.75, 3.05) is 12.4 Å². The van der Waals surface area contributed by atoms with Crippen LogP contribution >= 0.6 is 0 Å². The predicted molar refractivity (Wildman–Crippen MR) is 91.1 cm³/mol. The summed E-state index contributed by atoms with van der Waals surface area (Å²) < 4.78 is 4.93. The minimum atomic E-state index is -0.471. The fourth-order valence-corrected chi connectivity index (χ4v) is 5.69. The lowest BCUT2D eigenvalue weighted by Gasteiger charge is -2.58. The normalized spacial score (nSPS) is 35.9. The molecule has 3 unspecified atom stereocenters. The Labute approximate surface area is 145 Å². The van der Waals surface area contributed by atoms with Gasteiger partial charge in [-0.2, -0.15) is 0 Å². The van der Waals surface area contributed by atoms with Gasteiger partial charge in [0.15, 0.2) is 5.65 Å². The van der Waals surface area contributed by atoms with Gasteiger partial charge < -0.3 is 20.1 Å². The van der Waals surface area contributed by atoms with Crippen molar-refractivity contribution in [1.29, 1.82) is 0 Å². The lowest BCUT2D eigenvalue weighted by atomic mass is 9.52. The predicted octanol–water partition coefficient (Wildman–Crippen LogP) is 2.10. The summed E-state index contributed by atoms with van der Waals surface area (Å²) in [6, 6.07) is 0.258. The molecule has 2 heterocycles. The SMILES string of the molecule is COC(=O)c1cnc2nc[nH]c2c1NC1[C@@H]2CC3C[C@H]1CC(O)(C3)C2. The molecule has 0 aliphatic heterocycles. The van der Waals surface area contributed by atoms with Crippen molar-refractivity contribution >= 4 is 22.8 Å². The summed E-state index contributed by atoms with van der Waals surface area (Å²) in [5, 5.41) is 14.4. The van der Waals surface area contributed by atoms with Crippen LogP contribution in [0.1, 0.15) is 42.5 Å². The first kappa shape index (κ1) is 15.1. The molecule has 0 saturated heterocycles. The van der Waals surface area contributed by atoms with E-state index in [-0.39, 0.29) is 6.04 Å². The van der Waals surface area contributed by atoms with Gasteiger partial charge >= 0.3 is 5.97 Å². The van der Waals surface area contributed by atoms with Gasteiger partial charge in [0.25, 0.3) is 0 Å². The summed E-state index contributed by atoms with van der Waals surface area (Å²) in [5.74, 6) is 1.11. The zero-order valence-corrected chi connectivity index (χ0v) is 14.2. The monoisotopic (exact) mass is 342 g/mol. The Morgan fingerprint density at radius 2 is 2.08 bits per heavy atom. The van der Waals surface area contributed by atoms with E-state index in [1.807, 2.05) is 0 Å². The molecule has 5 atom stereocenters. The minimum Gasteiger partial charge on any atom is -0.465 e. The summed E-state index contributed by atoms with van der Waals surface area (Å²) in [6.07, 6.45) is 8.08. The number of anilines is 1. The second-order valence-corrected chi connectivity index (χ2v) is 8.00. The van der Waals surface area contributed by atoms with Gasteiger partial charge in [0.2, 0.25) is 0 Å². The molecular formula is C18H22N4O3. The van der Waals surface area contributed by atoms with Gasteiger partial charge in [-0.1, -0.05) is 0 Å². The molecule has 0 radical (unpaired) electrons. The number of ether oxygens (including phenoxy) is 1. The van der Waals surface area contributed by atoms with Crippen LogP contribution in [0.3, 0.4) is 0 Å². The average Bonchev–Trinajstić information content (AvgIpc) is 3.04. The minimum absolute atomic E-state index is 0.258. The summed E-state index contributed by atoms with van der Waals surface area (Å²) in [6.45, 7) is 0. The molecule has 7 heteroatoms. The first-order chi connectivity index (χ1) is 12.1. The Bertz CT molecular complexity index is 832. The quantitative estimate of drug-likeness (QED) is 0.739. The molecule has 7 nitrogen and oxygen atoms in total. The van der Waals surface area contributed by atoms with Crippen LogP contribution in [0.25, 0.3) is 11.2 Å². The number of H-pyrrole nitrogens is 1. The number of carbonyl (C=O) groups excluding carboxylic acids is 1. The highest BCUT2D eigenvalue weighted by Crippen LogP contribution is 2.56. The van der Waals surface area contributed by atoms with Crippen molar-refractivity contribution < 1.29 is 14.6 Å². The van der Waals surface area contributed by atoms with Crippen molar-refractivity contribution in [1.82, 2.24) is 15.0 Å². The summed E-state index contributed by atoms with van der Waals surface area (Å²) in [7, 11) is 1.38. The lowest BCUT2D eigenvalue weighted by Crippen LogP contribution is -2.59. The van der Waals surface area contributed by atoms with Gasteiger partial charge in [0.05, 0.1) is 24.7 Å². The third-order valence-electron chi connectivity index (χ3n) is 6.41. The number of hydrogen-bond donors (Lipinski definition) is 3. The Balaban J connectivity index is 1.54. The van der Waals surface area contributed by atoms with E-state index in [0.717, 1.165) is 43.3 Å². The molecule has 132 valence electrons.